The minimum Gasteiger partial charge on any atom is -0.400 e. The van der Waals surface area contributed by atoms with E-state index in [1.54, 1.807) is 0 Å². The Morgan fingerprint density at radius 2 is 1.90 bits per heavy atom. The fourth-order valence-corrected chi connectivity index (χ4v) is 3.31. The average Bonchev–Trinajstić information content (AvgIpc) is 3.35. The van der Waals surface area contributed by atoms with Gasteiger partial charge < -0.3 is 14.4 Å². The first kappa shape index (κ1) is 23.0. The van der Waals surface area contributed by atoms with Gasteiger partial charge in [-0.05, 0) is 45.1 Å². The van der Waals surface area contributed by atoms with Crippen LogP contribution in [0.4, 0.5) is 0 Å². The average molecular weight is 403 g/mol. The van der Waals surface area contributed by atoms with Crippen molar-refractivity contribution in [2.75, 3.05) is 20.3 Å². The molecule has 2 aromatic heterocycles. The maximum absolute atomic E-state index is 7.00. The number of allylic oxidation sites excluding steroid dienone is 4. The number of aliphatic hydroxyl groups excluding tert-OH is 1. The minimum absolute atomic E-state index is 0.410. The Hall–Kier alpha value is -2.25. The van der Waals surface area contributed by atoms with E-state index in [0.29, 0.717) is 23.6 Å². The van der Waals surface area contributed by atoms with Crippen LogP contribution in [-0.2, 0) is 11.3 Å². The monoisotopic (exact) mass is 402 g/mol. The molecule has 1 saturated heterocycles. The molecule has 7 nitrogen and oxygen atoms in total. The first-order valence-electron chi connectivity index (χ1n) is 10.2. The molecule has 160 valence electrons. The highest BCUT2D eigenvalue weighted by atomic mass is 16.5. The van der Waals surface area contributed by atoms with Crippen LogP contribution >= 0.6 is 0 Å². The van der Waals surface area contributed by atoms with Gasteiger partial charge in [-0.25, -0.2) is 0 Å². The largest absolute Gasteiger partial charge is 0.400 e. The number of hydrogen-bond donors (Lipinski definition) is 1. The molecule has 0 aromatic carbocycles. The summed E-state index contributed by atoms with van der Waals surface area (Å²) in [5, 5.41) is 15.8. The Morgan fingerprint density at radius 1 is 1.21 bits per heavy atom. The molecule has 1 N–H and O–H groups in total. The van der Waals surface area contributed by atoms with Crippen molar-refractivity contribution in [1.82, 2.24) is 19.9 Å². The van der Waals surface area contributed by atoms with Crippen molar-refractivity contribution in [2.45, 2.75) is 59.9 Å². The van der Waals surface area contributed by atoms with Crippen molar-refractivity contribution in [3.63, 3.8) is 0 Å². The van der Waals surface area contributed by atoms with Crippen LogP contribution < -0.4 is 0 Å². The van der Waals surface area contributed by atoms with E-state index in [2.05, 4.69) is 53.7 Å². The van der Waals surface area contributed by atoms with Crippen LogP contribution in [-0.4, -0.2) is 45.4 Å². The molecule has 1 aliphatic heterocycles. The lowest BCUT2D eigenvalue weighted by atomic mass is 9.93. The van der Waals surface area contributed by atoms with Crippen molar-refractivity contribution < 1.29 is 14.4 Å². The highest BCUT2D eigenvalue weighted by Crippen LogP contribution is 2.35. The summed E-state index contributed by atoms with van der Waals surface area (Å²) in [6, 6.07) is 0. The van der Waals surface area contributed by atoms with Crippen LogP contribution in [0.25, 0.3) is 17.0 Å². The van der Waals surface area contributed by atoms with E-state index in [4.69, 9.17) is 14.4 Å². The maximum atomic E-state index is 7.00. The molecule has 0 aliphatic carbocycles. The van der Waals surface area contributed by atoms with E-state index in [-0.39, 0.29) is 0 Å². The fraction of sp³-hybridized carbons (Fsp3) is 0.591. The van der Waals surface area contributed by atoms with E-state index in [1.165, 1.54) is 11.3 Å². The normalized spacial score (nSPS) is 15.2. The van der Waals surface area contributed by atoms with Crippen molar-refractivity contribution in [1.29, 1.82) is 0 Å². The highest BCUT2D eigenvalue weighted by molar-refractivity contribution is 5.63. The summed E-state index contributed by atoms with van der Waals surface area (Å²) in [5.41, 5.74) is 4.37. The maximum Gasteiger partial charge on any atom is 0.261 e. The summed E-state index contributed by atoms with van der Waals surface area (Å²) in [4.78, 5) is 4.65. The molecule has 0 bridgehead atoms. The van der Waals surface area contributed by atoms with Crippen LogP contribution in [0.2, 0.25) is 0 Å². The van der Waals surface area contributed by atoms with Crippen LogP contribution in [0.5, 0.6) is 0 Å². The molecule has 0 amide bonds. The Morgan fingerprint density at radius 3 is 2.52 bits per heavy atom. The molecular formula is C22H34N4O3. The third-order valence-electron chi connectivity index (χ3n) is 4.70. The second kappa shape index (κ2) is 11.1. The standard InChI is InChI=1S/C21H30N4O2.CH4O/c1-14(2)6-7-16(5)20-23-21(27-24-20)18-12-22-25(13-15(3)4)19(18)17-8-10-26-11-9-17;1-2/h6-7,12,15,17H,8-11,13H2,1-5H3;2H,1H3/b16-7+;. The Kier molecular flexibility index (Phi) is 8.79. The summed E-state index contributed by atoms with van der Waals surface area (Å²) in [6.45, 7) is 13.0. The third kappa shape index (κ3) is 6.11. The van der Waals surface area contributed by atoms with E-state index in [1.807, 2.05) is 19.2 Å². The topological polar surface area (TPSA) is 86.2 Å². The quantitative estimate of drug-likeness (QED) is 0.718. The predicted molar refractivity (Wildman–Crippen MR) is 114 cm³/mol. The van der Waals surface area contributed by atoms with E-state index >= 15 is 0 Å². The zero-order valence-electron chi connectivity index (χ0n) is 18.5. The molecule has 0 radical (unpaired) electrons. The Labute approximate surface area is 173 Å². The lowest BCUT2D eigenvalue weighted by Gasteiger charge is -2.24. The number of hydrogen-bond acceptors (Lipinski definition) is 6. The second-order valence-electron chi connectivity index (χ2n) is 7.92. The van der Waals surface area contributed by atoms with Crippen LogP contribution in [0, 0.1) is 5.92 Å². The van der Waals surface area contributed by atoms with Gasteiger partial charge in [-0.15, -0.1) is 0 Å². The summed E-state index contributed by atoms with van der Waals surface area (Å²) >= 11 is 0. The molecule has 1 aliphatic rings. The van der Waals surface area contributed by atoms with E-state index in [0.717, 1.165) is 50.8 Å². The zero-order valence-corrected chi connectivity index (χ0v) is 18.5. The Bertz CT molecular complexity index is 823. The SMILES string of the molecule is CC(C)=C/C=C(\C)c1noc(-c2cnn(CC(C)C)c2C2CCOCC2)n1.CO. The summed E-state index contributed by atoms with van der Waals surface area (Å²) in [5.74, 6) is 2.10. The van der Waals surface area contributed by atoms with Crippen molar-refractivity contribution in [3.8, 4) is 11.5 Å². The number of rotatable bonds is 6. The molecule has 29 heavy (non-hydrogen) atoms. The molecule has 0 atom stereocenters. The number of aromatic nitrogens is 4. The third-order valence-corrected chi connectivity index (χ3v) is 4.70. The van der Waals surface area contributed by atoms with Crippen molar-refractivity contribution in [3.05, 3.63) is 35.4 Å². The molecule has 0 unspecified atom stereocenters. The van der Waals surface area contributed by atoms with Gasteiger partial charge in [0.15, 0.2) is 5.82 Å². The van der Waals surface area contributed by atoms with Gasteiger partial charge in [-0.1, -0.05) is 36.7 Å². The zero-order chi connectivity index (χ0) is 21.4. The lowest BCUT2D eigenvalue weighted by molar-refractivity contribution is 0.0834. The molecule has 3 heterocycles. The molecule has 2 aromatic rings. The van der Waals surface area contributed by atoms with E-state index < -0.39 is 0 Å². The summed E-state index contributed by atoms with van der Waals surface area (Å²) in [7, 11) is 1.00. The van der Waals surface area contributed by atoms with Gasteiger partial charge in [0.05, 0.1) is 17.5 Å². The molecule has 7 heteroatoms. The molecule has 3 rings (SSSR count). The highest BCUT2D eigenvalue weighted by Gasteiger charge is 2.27. The number of nitrogens with zero attached hydrogens (tertiary/aromatic N) is 4. The smallest absolute Gasteiger partial charge is 0.261 e. The molecule has 0 spiro atoms. The van der Waals surface area contributed by atoms with Gasteiger partial charge in [0, 0.05) is 32.8 Å². The predicted octanol–water partition coefficient (Wildman–Crippen LogP) is 4.46. The molecule has 0 saturated carbocycles. The molecule has 1 fully saturated rings. The minimum atomic E-state index is 0.410. The van der Waals surface area contributed by atoms with E-state index in [9.17, 15) is 0 Å². The van der Waals surface area contributed by atoms with Crippen LogP contribution in [0.1, 0.15) is 64.9 Å². The van der Waals surface area contributed by atoms with Gasteiger partial charge in [0.1, 0.15) is 0 Å². The summed E-state index contributed by atoms with van der Waals surface area (Å²) in [6.07, 6.45) is 7.94. The van der Waals surface area contributed by atoms with Crippen LogP contribution in [0.15, 0.2) is 28.4 Å². The van der Waals surface area contributed by atoms with Gasteiger partial charge in [-0.3, -0.25) is 4.68 Å². The van der Waals surface area contributed by atoms with Gasteiger partial charge in [0.25, 0.3) is 5.89 Å². The second-order valence-corrected chi connectivity index (χ2v) is 7.92. The fourth-order valence-electron chi connectivity index (χ4n) is 3.31. The number of ether oxygens (including phenoxy) is 1. The lowest BCUT2D eigenvalue weighted by Crippen LogP contribution is -2.19. The first-order valence-corrected chi connectivity index (χ1v) is 10.2. The van der Waals surface area contributed by atoms with Gasteiger partial charge in [0.2, 0.25) is 0 Å². The molecular weight excluding hydrogens is 368 g/mol. The first-order chi connectivity index (χ1) is 14.0. The summed E-state index contributed by atoms with van der Waals surface area (Å²) < 4.78 is 13.3. The van der Waals surface area contributed by atoms with Crippen LogP contribution in [0.3, 0.4) is 0 Å². The Balaban J connectivity index is 0.00000145. The van der Waals surface area contributed by atoms with Gasteiger partial charge >= 0.3 is 0 Å². The van der Waals surface area contributed by atoms with Gasteiger partial charge in [-0.2, -0.15) is 10.1 Å². The van der Waals surface area contributed by atoms with Crippen molar-refractivity contribution in [2.24, 2.45) is 5.92 Å². The number of aliphatic hydroxyl groups is 1. The van der Waals surface area contributed by atoms with Crippen molar-refractivity contribution >= 4 is 5.57 Å².